The van der Waals surface area contributed by atoms with E-state index in [1.54, 1.807) is 0 Å². The molecule has 0 aliphatic rings. The molecule has 0 bridgehead atoms. The van der Waals surface area contributed by atoms with Crippen molar-refractivity contribution < 1.29 is 0 Å². The van der Waals surface area contributed by atoms with Crippen molar-refractivity contribution in [1.82, 2.24) is 4.90 Å². The minimum Gasteiger partial charge on any atom is -0.329 e. The molecule has 0 aromatic heterocycles. The van der Waals surface area contributed by atoms with Gasteiger partial charge in [-0.15, -0.1) is 0 Å². The molecule has 0 heterocycles. The predicted octanol–water partition coefficient (Wildman–Crippen LogP) is 3.41. The highest BCUT2D eigenvalue weighted by molar-refractivity contribution is 4.85. The average Bonchev–Trinajstić information content (AvgIpc) is 2.31. The fraction of sp³-hybridized carbons (Fsp3) is 1.00. The van der Waals surface area contributed by atoms with Crippen molar-refractivity contribution in [3.05, 3.63) is 0 Å². The van der Waals surface area contributed by atoms with Crippen molar-refractivity contribution in [2.45, 2.75) is 71.3 Å². The van der Waals surface area contributed by atoms with Crippen molar-refractivity contribution in [3.63, 3.8) is 0 Å². The average molecular weight is 228 g/mol. The second-order valence-corrected chi connectivity index (χ2v) is 5.29. The van der Waals surface area contributed by atoms with Gasteiger partial charge in [-0.05, 0) is 33.4 Å². The second-order valence-electron chi connectivity index (χ2n) is 5.29. The van der Waals surface area contributed by atoms with Gasteiger partial charge in [-0.25, -0.2) is 0 Å². The van der Waals surface area contributed by atoms with Crippen LogP contribution in [-0.2, 0) is 0 Å². The van der Waals surface area contributed by atoms with Crippen molar-refractivity contribution in [2.24, 2.45) is 5.73 Å². The summed E-state index contributed by atoms with van der Waals surface area (Å²) in [6.45, 7) is 8.77. The van der Waals surface area contributed by atoms with Gasteiger partial charge in [0.05, 0.1) is 0 Å². The Kier molecular flexibility index (Phi) is 8.96. The van der Waals surface area contributed by atoms with Crippen LogP contribution < -0.4 is 5.73 Å². The molecular weight excluding hydrogens is 196 g/mol. The molecule has 0 saturated carbocycles. The Morgan fingerprint density at radius 1 is 1.00 bits per heavy atom. The molecule has 2 N–H and O–H groups in total. The number of hydrogen-bond acceptors (Lipinski definition) is 2. The van der Waals surface area contributed by atoms with Gasteiger partial charge in [0.25, 0.3) is 0 Å². The summed E-state index contributed by atoms with van der Waals surface area (Å²) in [6.07, 6.45) is 9.13. The number of likely N-dealkylation sites (N-methyl/N-ethyl adjacent to an activating group) is 1. The fourth-order valence-electron chi connectivity index (χ4n) is 2.05. The summed E-state index contributed by atoms with van der Waals surface area (Å²) in [6, 6.07) is 0. The molecule has 0 aliphatic carbocycles. The lowest BCUT2D eigenvalue weighted by molar-refractivity contribution is 0.128. The van der Waals surface area contributed by atoms with Crippen LogP contribution in [0.5, 0.6) is 0 Å². The van der Waals surface area contributed by atoms with E-state index in [4.69, 9.17) is 5.73 Å². The van der Waals surface area contributed by atoms with E-state index in [-0.39, 0.29) is 5.54 Å². The van der Waals surface area contributed by atoms with Crippen LogP contribution in [0, 0.1) is 0 Å². The second kappa shape index (κ2) is 9.00. The Hall–Kier alpha value is -0.0800. The lowest BCUT2D eigenvalue weighted by Gasteiger charge is -2.38. The zero-order valence-electron chi connectivity index (χ0n) is 11.9. The van der Waals surface area contributed by atoms with E-state index >= 15 is 0 Å². The smallest absolute Gasteiger partial charge is 0.0300 e. The summed E-state index contributed by atoms with van der Waals surface area (Å²) in [5.41, 5.74) is 6.16. The van der Waals surface area contributed by atoms with Crippen LogP contribution in [0.4, 0.5) is 0 Å². The molecule has 0 spiro atoms. The van der Waals surface area contributed by atoms with E-state index in [1.165, 1.54) is 51.5 Å². The Bertz CT molecular complexity index is 159. The van der Waals surface area contributed by atoms with Crippen LogP contribution in [-0.4, -0.2) is 30.6 Å². The van der Waals surface area contributed by atoms with Gasteiger partial charge in [0.1, 0.15) is 0 Å². The summed E-state index contributed by atoms with van der Waals surface area (Å²) < 4.78 is 0. The monoisotopic (exact) mass is 228 g/mol. The van der Waals surface area contributed by atoms with Crippen molar-refractivity contribution in [3.8, 4) is 0 Å². The third kappa shape index (κ3) is 5.86. The number of nitrogens with zero attached hydrogens (tertiary/aromatic N) is 1. The first-order valence-electron chi connectivity index (χ1n) is 7.02. The van der Waals surface area contributed by atoms with Gasteiger partial charge in [0.2, 0.25) is 0 Å². The molecule has 16 heavy (non-hydrogen) atoms. The largest absolute Gasteiger partial charge is 0.329 e. The highest BCUT2D eigenvalue weighted by Crippen LogP contribution is 2.21. The lowest BCUT2D eigenvalue weighted by Crippen LogP contribution is -2.49. The Morgan fingerprint density at radius 3 is 2.12 bits per heavy atom. The first-order chi connectivity index (χ1) is 7.60. The van der Waals surface area contributed by atoms with Gasteiger partial charge >= 0.3 is 0 Å². The zero-order chi connectivity index (χ0) is 12.4. The van der Waals surface area contributed by atoms with Crippen molar-refractivity contribution in [1.29, 1.82) is 0 Å². The summed E-state index contributed by atoms with van der Waals surface area (Å²) in [7, 11) is 2.22. The van der Waals surface area contributed by atoms with Crippen LogP contribution in [0.2, 0.25) is 0 Å². The molecule has 0 rings (SSSR count). The molecular formula is C14H32N2. The van der Waals surface area contributed by atoms with E-state index in [2.05, 4.69) is 32.7 Å². The van der Waals surface area contributed by atoms with E-state index in [1.807, 2.05) is 0 Å². The third-order valence-corrected chi connectivity index (χ3v) is 3.78. The highest BCUT2D eigenvalue weighted by atomic mass is 15.2. The maximum absolute atomic E-state index is 5.95. The molecule has 0 aromatic rings. The van der Waals surface area contributed by atoms with E-state index in [9.17, 15) is 0 Å². The van der Waals surface area contributed by atoms with Crippen LogP contribution in [0.15, 0.2) is 0 Å². The summed E-state index contributed by atoms with van der Waals surface area (Å²) >= 11 is 0. The Morgan fingerprint density at radius 2 is 1.62 bits per heavy atom. The van der Waals surface area contributed by atoms with E-state index in [0.717, 1.165) is 6.54 Å². The Labute approximate surface area is 103 Å². The van der Waals surface area contributed by atoms with Gasteiger partial charge in [0.15, 0.2) is 0 Å². The summed E-state index contributed by atoms with van der Waals surface area (Å²) in [5, 5.41) is 0. The quantitative estimate of drug-likeness (QED) is 0.581. The maximum Gasteiger partial charge on any atom is 0.0300 e. The molecule has 1 unspecified atom stereocenters. The molecule has 0 saturated heterocycles. The normalized spacial score (nSPS) is 15.4. The first kappa shape index (κ1) is 15.9. The van der Waals surface area contributed by atoms with Gasteiger partial charge in [-0.2, -0.15) is 0 Å². The van der Waals surface area contributed by atoms with E-state index < -0.39 is 0 Å². The molecule has 0 amide bonds. The van der Waals surface area contributed by atoms with Gasteiger partial charge in [0, 0.05) is 12.1 Å². The van der Waals surface area contributed by atoms with Crippen LogP contribution in [0.1, 0.15) is 65.7 Å². The maximum atomic E-state index is 5.95. The van der Waals surface area contributed by atoms with Gasteiger partial charge < -0.3 is 5.73 Å². The standard InChI is InChI=1S/C14H32N2/c1-5-7-9-10-11-14(3,13-15)16(4)12-8-6-2/h5-13,15H2,1-4H3. The minimum absolute atomic E-state index is 0.211. The van der Waals surface area contributed by atoms with Crippen molar-refractivity contribution in [2.75, 3.05) is 20.1 Å². The minimum atomic E-state index is 0.211. The number of hydrogen-bond donors (Lipinski definition) is 1. The van der Waals surface area contributed by atoms with Crippen LogP contribution in [0.3, 0.4) is 0 Å². The number of rotatable bonds is 10. The van der Waals surface area contributed by atoms with Crippen LogP contribution in [0.25, 0.3) is 0 Å². The number of nitrogens with two attached hydrogens (primary N) is 1. The molecule has 0 radical (unpaired) electrons. The zero-order valence-corrected chi connectivity index (χ0v) is 11.9. The fourth-order valence-corrected chi connectivity index (χ4v) is 2.05. The van der Waals surface area contributed by atoms with Gasteiger partial charge in [-0.1, -0.05) is 46.0 Å². The molecule has 98 valence electrons. The molecule has 2 heteroatoms. The summed E-state index contributed by atoms with van der Waals surface area (Å²) in [4.78, 5) is 2.46. The topological polar surface area (TPSA) is 29.3 Å². The highest BCUT2D eigenvalue weighted by Gasteiger charge is 2.26. The first-order valence-corrected chi connectivity index (χ1v) is 7.02. The van der Waals surface area contributed by atoms with Gasteiger partial charge in [-0.3, -0.25) is 4.90 Å². The predicted molar refractivity (Wildman–Crippen MR) is 73.8 cm³/mol. The van der Waals surface area contributed by atoms with Crippen LogP contribution >= 0.6 is 0 Å². The SMILES string of the molecule is CCCCCCC(C)(CN)N(C)CCCC. The summed E-state index contributed by atoms with van der Waals surface area (Å²) in [5.74, 6) is 0. The lowest BCUT2D eigenvalue weighted by atomic mass is 9.92. The molecule has 0 aromatic carbocycles. The third-order valence-electron chi connectivity index (χ3n) is 3.78. The molecule has 2 nitrogen and oxygen atoms in total. The molecule has 0 aliphatic heterocycles. The molecule has 1 atom stereocenters. The number of unbranched alkanes of at least 4 members (excludes halogenated alkanes) is 4. The molecule has 0 fully saturated rings. The Balaban J connectivity index is 3.97. The van der Waals surface area contributed by atoms with Crippen molar-refractivity contribution >= 4 is 0 Å². The van der Waals surface area contributed by atoms with E-state index in [0.29, 0.717) is 0 Å².